The fraction of sp³-hybridized carbons (Fsp3) is 0.385. The summed E-state index contributed by atoms with van der Waals surface area (Å²) in [6, 6.07) is 5.56. The summed E-state index contributed by atoms with van der Waals surface area (Å²) in [4.78, 5) is 13.6. The summed E-state index contributed by atoms with van der Waals surface area (Å²) in [6.45, 7) is 2.95. The third-order valence-electron chi connectivity index (χ3n) is 3.23. The number of hydrogen-bond donors (Lipinski definition) is 1. The van der Waals surface area contributed by atoms with Crippen LogP contribution in [0.1, 0.15) is 17.9 Å². The summed E-state index contributed by atoms with van der Waals surface area (Å²) in [5, 5.41) is 4.25. The van der Waals surface area contributed by atoms with Crippen molar-refractivity contribution in [3.63, 3.8) is 0 Å². The van der Waals surface area contributed by atoms with Crippen molar-refractivity contribution in [1.29, 1.82) is 0 Å². The lowest BCUT2D eigenvalue weighted by Crippen LogP contribution is -2.30. The van der Waals surface area contributed by atoms with Crippen LogP contribution in [0.15, 0.2) is 28.8 Å². The molecule has 1 atom stereocenters. The number of anilines is 1. The molecule has 0 bridgehead atoms. The maximum absolute atomic E-state index is 11.9. The molecule has 1 aliphatic heterocycles. The van der Waals surface area contributed by atoms with Crippen LogP contribution in [-0.2, 0) is 11.3 Å². The van der Waals surface area contributed by atoms with E-state index in [0.717, 1.165) is 17.3 Å². The Labute approximate surface area is 110 Å². The number of amides is 1. The molecule has 2 aromatic heterocycles. The number of aromatic nitrogens is 2. The number of rotatable bonds is 3. The summed E-state index contributed by atoms with van der Waals surface area (Å²) in [5.74, 6) is 2.50. The van der Waals surface area contributed by atoms with Crippen LogP contribution < -0.4 is 10.6 Å². The quantitative estimate of drug-likeness (QED) is 0.889. The SMILES string of the molecule is Cc1ccc(Cn2nccc2N2CC(N)CC2=O)o1. The maximum Gasteiger partial charge on any atom is 0.229 e. The minimum absolute atomic E-state index is 0.0462. The van der Waals surface area contributed by atoms with Crippen molar-refractivity contribution in [1.82, 2.24) is 9.78 Å². The first-order valence-electron chi connectivity index (χ1n) is 6.26. The van der Waals surface area contributed by atoms with Crippen LogP contribution in [0.25, 0.3) is 0 Å². The van der Waals surface area contributed by atoms with Gasteiger partial charge >= 0.3 is 0 Å². The highest BCUT2D eigenvalue weighted by atomic mass is 16.3. The Balaban J connectivity index is 1.84. The summed E-state index contributed by atoms with van der Waals surface area (Å²) in [6.07, 6.45) is 2.08. The van der Waals surface area contributed by atoms with Gasteiger partial charge < -0.3 is 10.2 Å². The molecule has 0 aromatic carbocycles. The molecule has 0 aliphatic carbocycles. The van der Waals surface area contributed by atoms with Crippen molar-refractivity contribution >= 4 is 11.7 Å². The van der Waals surface area contributed by atoms with E-state index in [-0.39, 0.29) is 11.9 Å². The van der Waals surface area contributed by atoms with Gasteiger partial charge in [0.2, 0.25) is 5.91 Å². The molecule has 19 heavy (non-hydrogen) atoms. The van der Waals surface area contributed by atoms with Gasteiger partial charge in [0, 0.05) is 25.1 Å². The van der Waals surface area contributed by atoms with E-state index in [2.05, 4.69) is 5.10 Å². The predicted octanol–water partition coefficient (Wildman–Crippen LogP) is 0.897. The molecule has 0 radical (unpaired) electrons. The summed E-state index contributed by atoms with van der Waals surface area (Å²) < 4.78 is 7.29. The third-order valence-corrected chi connectivity index (χ3v) is 3.23. The van der Waals surface area contributed by atoms with Crippen LogP contribution in [0.2, 0.25) is 0 Å². The molecule has 1 fully saturated rings. The Kier molecular flexibility index (Phi) is 2.87. The molecule has 1 unspecified atom stereocenters. The van der Waals surface area contributed by atoms with E-state index in [4.69, 9.17) is 10.2 Å². The lowest BCUT2D eigenvalue weighted by atomic mass is 10.3. The lowest BCUT2D eigenvalue weighted by Gasteiger charge is -2.17. The van der Waals surface area contributed by atoms with Gasteiger partial charge in [0.05, 0.1) is 6.20 Å². The number of carbonyl (C=O) groups is 1. The zero-order chi connectivity index (χ0) is 13.4. The smallest absolute Gasteiger partial charge is 0.229 e. The molecule has 3 rings (SSSR count). The maximum atomic E-state index is 11.9. The van der Waals surface area contributed by atoms with E-state index >= 15 is 0 Å². The second-order valence-electron chi connectivity index (χ2n) is 4.83. The molecule has 1 saturated heterocycles. The van der Waals surface area contributed by atoms with Crippen LogP contribution in [0, 0.1) is 6.92 Å². The molecule has 0 spiro atoms. The van der Waals surface area contributed by atoms with Gasteiger partial charge in [-0.2, -0.15) is 5.10 Å². The van der Waals surface area contributed by atoms with Crippen LogP contribution in [0.3, 0.4) is 0 Å². The second kappa shape index (κ2) is 4.55. The van der Waals surface area contributed by atoms with Gasteiger partial charge in [-0.25, -0.2) is 4.68 Å². The van der Waals surface area contributed by atoms with Gasteiger partial charge in [-0.05, 0) is 19.1 Å². The largest absolute Gasteiger partial charge is 0.464 e. The molecule has 6 nitrogen and oxygen atoms in total. The number of nitrogens with two attached hydrogens (primary N) is 1. The normalized spacial score (nSPS) is 19.4. The number of furan rings is 1. The first-order valence-corrected chi connectivity index (χ1v) is 6.26. The van der Waals surface area contributed by atoms with Crippen molar-refractivity contribution in [3.05, 3.63) is 35.9 Å². The highest BCUT2D eigenvalue weighted by molar-refractivity contribution is 5.95. The summed E-state index contributed by atoms with van der Waals surface area (Å²) in [7, 11) is 0. The standard InChI is InChI=1S/C13H16N4O2/c1-9-2-3-11(19-9)8-17-12(4-5-15-17)16-7-10(14)6-13(16)18/h2-5,10H,6-8,14H2,1H3. The lowest BCUT2D eigenvalue weighted by molar-refractivity contribution is -0.117. The van der Waals surface area contributed by atoms with Crippen LogP contribution in [0.5, 0.6) is 0 Å². The third kappa shape index (κ3) is 2.26. The molecule has 100 valence electrons. The van der Waals surface area contributed by atoms with Crippen molar-refractivity contribution < 1.29 is 9.21 Å². The van der Waals surface area contributed by atoms with Crippen molar-refractivity contribution in [2.75, 3.05) is 11.4 Å². The Morgan fingerprint density at radius 3 is 2.95 bits per heavy atom. The molecular weight excluding hydrogens is 244 g/mol. The molecule has 6 heteroatoms. The van der Waals surface area contributed by atoms with Gasteiger partial charge in [-0.15, -0.1) is 0 Å². The highest BCUT2D eigenvalue weighted by Crippen LogP contribution is 2.21. The minimum atomic E-state index is -0.0956. The van der Waals surface area contributed by atoms with Gasteiger partial charge in [-0.1, -0.05) is 0 Å². The Morgan fingerprint density at radius 2 is 2.32 bits per heavy atom. The number of aryl methyl sites for hydroxylation is 1. The monoisotopic (exact) mass is 260 g/mol. The molecule has 2 N–H and O–H groups in total. The van der Waals surface area contributed by atoms with Gasteiger partial charge in [-0.3, -0.25) is 9.69 Å². The molecule has 3 heterocycles. The van der Waals surface area contributed by atoms with Crippen molar-refractivity contribution in [3.8, 4) is 0 Å². The van der Waals surface area contributed by atoms with E-state index in [9.17, 15) is 4.79 Å². The minimum Gasteiger partial charge on any atom is -0.464 e. The number of hydrogen-bond acceptors (Lipinski definition) is 4. The van der Waals surface area contributed by atoms with Crippen LogP contribution >= 0.6 is 0 Å². The van der Waals surface area contributed by atoms with Crippen molar-refractivity contribution in [2.24, 2.45) is 5.73 Å². The van der Waals surface area contributed by atoms with E-state index in [0.29, 0.717) is 19.5 Å². The Hall–Kier alpha value is -2.08. The molecule has 2 aromatic rings. The number of carbonyl (C=O) groups excluding carboxylic acids is 1. The van der Waals surface area contributed by atoms with Crippen molar-refractivity contribution in [2.45, 2.75) is 25.9 Å². The topological polar surface area (TPSA) is 77.3 Å². The van der Waals surface area contributed by atoms with E-state index in [1.54, 1.807) is 15.8 Å². The van der Waals surface area contributed by atoms with Crippen LogP contribution in [0.4, 0.5) is 5.82 Å². The zero-order valence-electron chi connectivity index (χ0n) is 10.7. The molecule has 0 saturated carbocycles. The first kappa shape index (κ1) is 12.0. The second-order valence-corrected chi connectivity index (χ2v) is 4.83. The fourth-order valence-corrected chi connectivity index (χ4v) is 2.35. The van der Waals surface area contributed by atoms with E-state index in [1.807, 2.05) is 25.1 Å². The zero-order valence-corrected chi connectivity index (χ0v) is 10.7. The Morgan fingerprint density at radius 1 is 1.47 bits per heavy atom. The Bertz CT molecular complexity index is 601. The van der Waals surface area contributed by atoms with Gasteiger partial charge in [0.1, 0.15) is 23.9 Å². The predicted molar refractivity (Wildman–Crippen MR) is 69.7 cm³/mol. The molecule has 1 amide bonds. The average molecular weight is 260 g/mol. The number of nitrogens with zero attached hydrogens (tertiary/aromatic N) is 3. The van der Waals surface area contributed by atoms with E-state index < -0.39 is 0 Å². The average Bonchev–Trinajstić information content (AvgIpc) is 3.02. The van der Waals surface area contributed by atoms with Gasteiger partial charge in [0.15, 0.2) is 0 Å². The molecule has 1 aliphatic rings. The van der Waals surface area contributed by atoms with Crippen LogP contribution in [-0.4, -0.2) is 28.3 Å². The van der Waals surface area contributed by atoms with E-state index in [1.165, 1.54) is 0 Å². The fourth-order valence-electron chi connectivity index (χ4n) is 2.35. The summed E-state index contributed by atoms with van der Waals surface area (Å²) >= 11 is 0. The first-order chi connectivity index (χ1) is 9.13. The molecular formula is C13H16N4O2. The highest BCUT2D eigenvalue weighted by Gasteiger charge is 2.30. The van der Waals surface area contributed by atoms with Gasteiger partial charge in [0.25, 0.3) is 0 Å². The summed E-state index contributed by atoms with van der Waals surface area (Å²) in [5.41, 5.74) is 5.82.